The molecule has 8 heteroatoms. The molecule has 2 aromatic heterocycles. The van der Waals surface area contributed by atoms with Crippen molar-refractivity contribution in [2.75, 3.05) is 0 Å². The van der Waals surface area contributed by atoms with Crippen LogP contribution < -0.4 is 5.56 Å². The number of nitrogens with zero attached hydrogens (tertiary/aromatic N) is 4. The van der Waals surface area contributed by atoms with Crippen LogP contribution >= 0.6 is 0 Å². The molecule has 0 spiro atoms. The van der Waals surface area contributed by atoms with E-state index in [0.29, 0.717) is 33.8 Å². The van der Waals surface area contributed by atoms with Gasteiger partial charge in [-0.05, 0) is 49.2 Å². The summed E-state index contributed by atoms with van der Waals surface area (Å²) in [7, 11) is 0. The van der Waals surface area contributed by atoms with Crippen molar-refractivity contribution in [3.63, 3.8) is 0 Å². The van der Waals surface area contributed by atoms with Crippen molar-refractivity contribution >= 4 is 22.8 Å². The maximum absolute atomic E-state index is 13.3. The Kier molecular flexibility index (Phi) is 5.56. The zero-order valence-corrected chi connectivity index (χ0v) is 17.9. The Morgan fingerprint density at radius 1 is 1.03 bits per heavy atom. The number of aromatic nitrogens is 2. The van der Waals surface area contributed by atoms with Crippen LogP contribution in [-0.4, -0.2) is 20.8 Å². The third kappa shape index (κ3) is 4.19. The summed E-state index contributed by atoms with van der Waals surface area (Å²) < 4.78 is 7.26. The Hall–Kier alpha value is -4.07. The van der Waals surface area contributed by atoms with Gasteiger partial charge >= 0.3 is 0 Å². The number of furan rings is 1. The van der Waals surface area contributed by atoms with Gasteiger partial charge in [0.25, 0.3) is 11.2 Å². The first-order valence-corrected chi connectivity index (χ1v) is 11.0. The molecule has 0 saturated heterocycles. The maximum Gasteiger partial charge on any atom is 0.282 e. The monoisotopic (exact) mass is 442 g/mol. The summed E-state index contributed by atoms with van der Waals surface area (Å²) >= 11 is 0. The molecule has 0 bridgehead atoms. The highest BCUT2D eigenvalue weighted by Crippen LogP contribution is 2.32. The largest absolute Gasteiger partial charge is 0.455 e. The van der Waals surface area contributed by atoms with Gasteiger partial charge in [0.05, 0.1) is 22.0 Å². The lowest BCUT2D eigenvalue weighted by atomic mass is 9.88. The number of hydrogen-bond acceptors (Lipinski definition) is 6. The number of fused-ring (bicyclic) bond motifs is 1. The van der Waals surface area contributed by atoms with E-state index in [2.05, 4.69) is 5.10 Å². The standard InChI is InChI=1S/C25H22N4O4/c30-25-21-8-4-5-9-22(21)27-24(18-6-2-1-3-7-18)28(25)26-16-20-14-15-23(33-20)17-10-12-19(13-11-17)29(31)32/h4-5,8-16,18H,1-3,6-7H2. The molecule has 0 radical (unpaired) electrons. The van der Waals surface area contributed by atoms with E-state index in [4.69, 9.17) is 9.40 Å². The van der Waals surface area contributed by atoms with E-state index in [0.717, 1.165) is 25.7 Å². The molecular formula is C25H22N4O4. The molecule has 8 nitrogen and oxygen atoms in total. The molecule has 4 aromatic rings. The second-order valence-corrected chi connectivity index (χ2v) is 8.19. The lowest BCUT2D eigenvalue weighted by Crippen LogP contribution is -2.25. The van der Waals surface area contributed by atoms with Crippen molar-refractivity contribution in [3.8, 4) is 11.3 Å². The Bertz CT molecular complexity index is 1400. The highest BCUT2D eigenvalue weighted by Gasteiger charge is 2.22. The van der Waals surface area contributed by atoms with Crippen molar-refractivity contribution < 1.29 is 9.34 Å². The first-order chi connectivity index (χ1) is 16.1. The molecule has 0 N–H and O–H groups in total. The molecular weight excluding hydrogens is 420 g/mol. The highest BCUT2D eigenvalue weighted by molar-refractivity contribution is 5.79. The number of non-ortho nitro benzene ring substituents is 1. The van der Waals surface area contributed by atoms with Crippen LogP contribution in [-0.2, 0) is 0 Å². The van der Waals surface area contributed by atoms with Crippen molar-refractivity contribution in [2.24, 2.45) is 5.10 Å². The second-order valence-electron chi connectivity index (χ2n) is 8.19. The fraction of sp³-hybridized carbons (Fsp3) is 0.240. The normalized spacial score (nSPS) is 14.8. The van der Waals surface area contributed by atoms with Gasteiger partial charge in [0.2, 0.25) is 0 Å². The van der Waals surface area contributed by atoms with Gasteiger partial charge in [-0.25, -0.2) is 4.98 Å². The number of benzene rings is 2. The van der Waals surface area contributed by atoms with Gasteiger partial charge in [-0.1, -0.05) is 31.4 Å². The van der Waals surface area contributed by atoms with Crippen LogP contribution in [0.1, 0.15) is 49.6 Å². The number of hydrogen-bond donors (Lipinski definition) is 0. The molecule has 5 rings (SSSR count). The molecule has 1 aliphatic carbocycles. The van der Waals surface area contributed by atoms with Crippen molar-refractivity contribution in [2.45, 2.75) is 38.0 Å². The lowest BCUT2D eigenvalue weighted by Gasteiger charge is -2.22. The SMILES string of the molecule is O=c1c2ccccc2nc(C2CCCCC2)n1N=Cc1ccc(-c2ccc([N+](=O)[O-])cc2)o1. The smallest absolute Gasteiger partial charge is 0.282 e. The summed E-state index contributed by atoms with van der Waals surface area (Å²) in [6, 6.07) is 17.0. The van der Waals surface area contributed by atoms with Gasteiger partial charge < -0.3 is 4.42 Å². The van der Waals surface area contributed by atoms with Crippen LogP contribution in [0.15, 0.2) is 75.0 Å². The summed E-state index contributed by atoms with van der Waals surface area (Å²) in [5, 5.41) is 15.9. The topological polar surface area (TPSA) is 104 Å². The Balaban J connectivity index is 1.50. The molecule has 1 fully saturated rings. The average molecular weight is 442 g/mol. The molecule has 0 unspecified atom stereocenters. The summed E-state index contributed by atoms with van der Waals surface area (Å²) in [6.45, 7) is 0. The molecule has 166 valence electrons. The van der Waals surface area contributed by atoms with Crippen LogP contribution in [0, 0.1) is 10.1 Å². The number of rotatable bonds is 5. The van der Waals surface area contributed by atoms with E-state index in [1.54, 1.807) is 30.3 Å². The summed E-state index contributed by atoms with van der Waals surface area (Å²) in [4.78, 5) is 28.5. The van der Waals surface area contributed by atoms with Crippen LogP contribution in [0.5, 0.6) is 0 Å². The summed E-state index contributed by atoms with van der Waals surface area (Å²) in [6.07, 6.45) is 6.94. The van der Waals surface area contributed by atoms with Crippen LogP contribution in [0.2, 0.25) is 0 Å². The molecule has 1 saturated carbocycles. The summed E-state index contributed by atoms with van der Waals surface area (Å²) in [5.74, 6) is 1.91. The van der Waals surface area contributed by atoms with Gasteiger partial charge in [0.15, 0.2) is 0 Å². The molecule has 2 aromatic carbocycles. The lowest BCUT2D eigenvalue weighted by molar-refractivity contribution is -0.384. The maximum atomic E-state index is 13.3. The Morgan fingerprint density at radius 3 is 2.55 bits per heavy atom. The molecule has 33 heavy (non-hydrogen) atoms. The van der Waals surface area contributed by atoms with Crippen LogP contribution in [0.25, 0.3) is 22.2 Å². The van der Waals surface area contributed by atoms with Gasteiger partial charge in [0, 0.05) is 23.6 Å². The molecule has 0 aliphatic heterocycles. The first-order valence-electron chi connectivity index (χ1n) is 11.0. The van der Waals surface area contributed by atoms with Gasteiger partial charge in [-0.2, -0.15) is 9.78 Å². The van der Waals surface area contributed by atoms with E-state index in [9.17, 15) is 14.9 Å². The van der Waals surface area contributed by atoms with Gasteiger partial charge in [-0.3, -0.25) is 14.9 Å². The average Bonchev–Trinajstić information content (AvgIpc) is 3.33. The quantitative estimate of drug-likeness (QED) is 0.231. The predicted octanol–water partition coefficient (Wildman–Crippen LogP) is 5.49. The highest BCUT2D eigenvalue weighted by atomic mass is 16.6. The fourth-order valence-electron chi connectivity index (χ4n) is 4.32. The fourth-order valence-corrected chi connectivity index (χ4v) is 4.32. The van der Waals surface area contributed by atoms with Gasteiger partial charge in [-0.15, -0.1) is 0 Å². The Labute approximate surface area is 189 Å². The zero-order valence-electron chi connectivity index (χ0n) is 17.9. The summed E-state index contributed by atoms with van der Waals surface area (Å²) in [5.41, 5.74) is 1.23. The number of nitro groups is 1. The predicted molar refractivity (Wildman–Crippen MR) is 126 cm³/mol. The minimum atomic E-state index is -0.441. The second kappa shape index (κ2) is 8.82. The van der Waals surface area contributed by atoms with E-state index in [1.165, 1.54) is 29.4 Å². The van der Waals surface area contributed by atoms with Crippen molar-refractivity contribution in [1.29, 1.82) is 0 Å². The molecule has 0 atom stereocenters. The van der Waals surface area contributed by atoms with Crippen molar-refractivity contribution in [1.82, 2.24) is 9.66 Å². The Morgan fingerprint density at radius 2 is 1.79 bits per heavy atom. The number of para-hydroxylation sites is 1. The third-order valence-corrected chi connectivity index (χ3v) is 6.04. The molecule has 0 amide bonds. The zero-order chi connectivity index (χ0) is 22.8. The van der Waals surface area contributed by atoms with Crippen molar-refractivity contribution in [3.05, 3.63) is 92.7 Å². The van der Waals surface area contributed by atoms with E-state index in [-0.39, 0.29) is 17.2 Å². The minimum absolute atomic E-state index is 0.0190. The van der Waals surface area contributed by atoms with E-state index < -0.39 is 4.92 Å². The molecule has 1 aliphatic rings. The number of nitro benzene ring substituents is 1. The van der Waals surface area contributed by atoms with Crippen LogP contribution in [0.4, 0.5) is 5.69 Å². The van der Waals surface area contributed by atoms with Crippen LogP contribution in [0.3, 0.4) is 0 Å². The molecule has 2 heterocycles. The minimum Gasteiger partial charge on any atom is -0.455 e. The van der Waals surface area contributed by atoms with Gasteiger partial charge in [0.1, 0.15) is 17.3 Å². The van der Waals surface area contributed by atoms with E-state index >= 15 is 0 Å². The third-order valence-electron chi connectivity index (χ3n) is 6.04. The van der Waals surface area contributed by atoms with E-state index in [1.807, 2.05) is 18.2 Å². The first kappa shape index (κ1) is 20.8.